The number of aliphatic imine (C=N–C) groups is 1. The van der Waals surface area contributed by atoms with Gasteiger partial charge in [0, 0.05) is 11.8 Å². The van der Waals surface area contributed by atoms with Crippen LogP contribution in [0, 0.1) is 12.8 Å². The number of ketones is 1. The number of aryl methyl sites for hydroxylation is 1. The van der Waals surface area contributed by atoms with E-state index in [1.165, 1.54) is 6.21 Å². The Morgan fingerprint density at radius 3 is 2.87 bits per heavy atom. The Morgan fingerprint density at radius 1 is 1.47 bits per heavy atom. The maximum atomic E-state index is 11.8. The van der Waals surface area contributed by atoms with Crippen LogP contribution < -0.4 is 0 Å². The van der Waals surface area contributed by atoms with Crippen molar-refractivity contribution in [3.63, 3.8) is 0 Å². The third-order valence-corrected chi connectivity index (χ3v) is 2.41. The molecule has 1 aromatic rings. The third-order valence-electron chi connectivity index (χ3n) is 2.41. The maximum absolute atomic E-state index is 11.8. The summed E-state index contributed by atoms with van der Waals surface area (Å²) in [5.74, 6) is -2.68. The van der Waals surface area contributed by atoms with Crippen LogP contribution in [0.15, 0.2) is 23.2 Å². The first kappa shape index (κ1) is 9.58. The molecule has 2 rings (SSSR count). The Kier molecular flexibility index (Phi) is 2.11. The summed E-state index contributed by atoms with van der Waals surface area (Å²) in [6.45, 7) is 1.77. The van der Waals surface area contributed by atoms with Crippen molar-refractivity contribution in [2.75, 3.05) is 0 Å². The molecule has 0 saturated carbocycles. The number of rotatable bonds is 1. The van der Waals surface area contributed by atoms with Crippen molar-refractivity contribution in [3.8, 4) is 0 Å². The summed E-state index contributed by atoms with van der Waals surface area (Å²) in [6, 6.07) is 5.27. The summed E-state index contributed by atoms with van der Waals surface area (Å²) in [5, 5.41) is 8.81. The van der Waals surface area contributed by atoms with E-state index in [2.05, 4.69) is 4.99 Å². The van der Waals surface area contributed by atoms with Crippen molar-refractivity contribution in [1.29, 1.82) is 0 Å². The molecule has 0 radical (unpaired) electrons. The molecule has 0 saturated heterocycles. The van der Waals surface area contributed by atoms with E-state index in [9.17, 15) is 9.59 Å². The van der Waals surface area contributed by atoms with Gasteiger partial charge in [-0.05, 0) is 18.6 Å². The number of aliphatic carboxylic acids is 1. The quantitative estimate of drug-likeness (QED) is 0.705. The van der Waals surface area contributed by atoms with E-state index >= 15 is 0 Å². The van der Waals surface area contributed by atoms with Gasteiger partial charge >= 0.3 is 5.97 Å². The zero-order chi connectivity index (χ0) is 11.0. The predicted octanol–water partition coefficient (Wildman–Crippen LogP) is 1.59. The summed E-state index contributed by atoms with van der Waals surface area (Å²) >= 11 is 0. The normalized spacial score (nSPS) is 18.7. The average Bonchev–Trinajstić information content (AvgIpc) is 2.17. The molecule has 0 spiro atoms. The number of hydrogen-bond donors (Lipinski definition) is 1. The van der Waals surface area contributed by atoms with Crippen LogP contribution in [0.2, 0.25) is 0 Å². The van der Waals surface area contributed by atoms with Gasteiger partial charge in [-0.3, -0.25) is 14.6 Å². The number of carbonyl (C=O) groups excluding carboxylic acids is 1. The summed E-state index contributed by atoms with van der Waals surface area (Å²) < 4.78 is 0. The van der Waals surface area contributed by atoms with Gasteiger partial charge in [-0.2, -0.15) is 0 Å². The fraction of sp³-hybridized carbons (Fsp3) is 0.182. The molecule has 4 nitrogen and oxygen atoms in total. The molecule has 76 valence electrons. The Labute approximate surface area is 86.3 Å². The first-order valence-corrected chi connectivity index (χ1v) is 4.52. The maximum Gasteiger partial charge on any atom is 0.319 e. The summed E-state index contributed by atoms with van der Waals surface area (Å²) in [5.41, 5.74) is 1.74. The Morgan fingerprint density at radius 2 is 2.20 bits per heavy atom. The first-order chi connectivity index (χ1) is 7.11. The van der Waals surface area contributed by atoms with E-state index in [1.54, 1.807) is 25.1 Å². The van der Waals surface area contributed by atoms with Gasteiger partial charge in [-0.25, -0.2) is 0 Å². The molecular formula is C11H9NO3. The number of nitrogens with zero attached hydrogens (tertiary/aromatic N) is 1. The molecule has 1 heterocycles. The van der Waals surface area contributed by atoms with Gasteiger partial charge < -0.3 is 5.11 Å². The fourth-order valence-electron chi connectivity index (χ4n) is 1.63. The highest BCUT2D eigenvalue weighted by molar-refractivity contribution is 6.22. The van der Waals surface area contributed by atoms with Crippen LogP contribution in [0.5, 0.6) is 0 Å². The molecule has 1 unspecified atom stereocenters. The number of benzene rings is 1. The molecule has 0 aromatic heterocycles. The van der Waals surface area contributed by atoms with Gasteiger partial charge in [0.05, 0.1) is 5.69 Å². The van der Waals surface area contributed by atoms with Crippen LogP contribution in [0.1, 0.15) is 15.9 Å². The van der Waals surface area contributed by atoms with Crippen molar-refractivity contribution in [2.24, 2.45) is 10.9 Å². The standard InChI is InChI=1S/C11H9NO3/c1-6-3-2-4-8-9(6)10(13)7(5-12-8)11(14)15/h2-5,7H,1H3,(H,14,15). The largest absolute Gasteiger partial charge is 0.480 e. The zero-order valence-corrected chi connectivity index (χ0v) is 8.10. The number of carboxylic acid groups (broad SMARTS) is 1. The Hall–Kier alpha value is -1.97. The van der Waals surface area contributed by atoms with Crippen LogP contribution in [-0.4, -0.2) is 23.1 Å². The van der Waals surface area contributed by atoms with E-state index in [0.717, 1.165) is 5.56 Å². The number of fused-ring (bicyclic) bond motifs is 1. The second-order valence-electron chi connectivity index (χ2n) is 3.43. The number of Topliss-reactive ketones (excluding diaryl/α,β-unsaturated/α-hetero) is 1. The minimum absolute atomic E-state index is 0.384. The number of hydrogen-bond acceptors (Lipinski definition) is 3. The topological polar surface area (TPSA) is 66.7 Å². The van der Waals surface area contributed by atoms with E-state index in [1.807, 2.05) is 0 Å². The molecule has 1 aromatic carbocycles. The van der Waals surface area contributed by atoms with E-state index < -0.39 is 11.9 Å². The number of carboxylic acids is 1. The third kappa shape index (κ3) is 1.44. The molecular weight excluding hydrogens is 194 g/mol. The smallest absolute Gasteiger partial charge is 0.319 e. The minimum Gasteiger partial charge on any atom is -0.480 e. The lowest BCUT2D eigenvalue weighted by Gasteiger charge is -2.15. The number of carbonyl (C=O) groups is 2. The average molecular weight is 203 g/mol. The van der Waals surface area contributed by atoms with Crippen molar-refractivity contribution in [2.45, 2.75) is 6.92 Å². The van der Waals surface area contributed by atoms with E-state index in [0.29, 0.717) is 11.3 Å². The van der Waals surface area contributed by atoms with Crippen molar-refractivity contribution >= 4 is 23.7 Å². The molecule has 0 fully saturated rings. The van der Waals surface area contributed by atoms with Gasteiger partial charge in [-0.15, -0.1) is 0 Å². The molecule has 1 N–H and O–H groups in total. The molecule has 0 amide bonds. The lowest BCUT2D eigenvalue weighted by Crippen LogP contribution is -2.28. The van der Waals surface area contributed by atoms with Crippen LogP contribution in [-0.2, 0) is 4.79 Å². The molecule has 15 heavy (non-hydrogen) atoms. The molecule has 1 aliphatic heterocycles. The first-order valence-electron chi connectivity index (χ1n) is 4.52. The lowest BCUT2D eigenvalue weighted by molar-refractivity contribution is -0.137. The Bertz CT molecular complexity index is 477. The summed E-state index contributed by atoms with van der Waals surface area (Å²) in [4.78, 5) is 26.6. The summed E-state index contributed by atoms with van der Waals surface area (Å²) in [6.07, 6.45) is 1.19. The van der Waals surface area contributed by atoms with Crippen LogP contribution >= 0.6 is 0 Å². The predicted molar refractivity (Wildman–Crippen MR) is 54.8 cm³/mol. The SMILES string of the molecule is Cc1cccc2c1C(=O)C(C(=O)O)C=N2. The van der Waals surface area contributed by atoms with Crippen molar-refractivity contribution in [3.05, 3.63) is 29.3 Å². The molecule has 0 bridgehead atoms. The monoisotopic (exact) mass is 203 g/mol. The van der Waals surface area contributed by atoms with E-state index in [4.69, 9.17) is 5.11 Å². The Balaban J connectivity index is 2.58. The van der Waals surface area contributed by atoms with Crippen molar-refractivity contribution < 1.29 is 14.7 Å². The second kappa shape index (κ2) is 3.31. The fourth-order valence-corrected chi connectivity index (χ4v) is 1.63. The van der Waals surface area contributed by atoms with Gasteiger partial charge in [0.2, 0.25) is 0 Å². The highest BCUT2D eigenvalue weighted by atomic mass is 16.4. The van der Waals surface area contributed by atoms with Crippen LogP contribution in [0.25, 0.3) is 0 Å². The van der Waals surface area contributed by atoms with Gasteiger partial charge in [0.1, 0.15) is 0 Å². The van der Waals surface area contributed by atoms with Crippen LogP contribution in [0.3, 0.4) is 0 Å². The molecule has 0 aliphatic carbocycles. The zero-order valence-electron chi connectivity index (χ0n) is 8.10. The van der Waals surface area contributed by atoms with E-state index in [-0.39, 0.29) is 5.78 Å². The minimum atomic E-state index is -1.15. The summed E-state index contributed by atoms with van der Waals surface area (Å²) in [7, 11) is 0. The highest BCUT2D eigenvalue weighted by Gasteiger charge is 2.31. The van der Waals surface area contributed by atoms with Gasteiger partial charge in [-0.1, -0.05) is 12.1 Å². The second-order valence-corrected chi connectivity index (χ2v) is 3.43. The van der Waals surface area contributed by atoms with Crippen LogP contribution in [0.4, 0.5) is 5.69 Å². The molecule has 1 atom stereocenters. The molecule has 4 heteroatoms. The van der Waals surface area contributed by atoms with Gasteiger partial charge in [0.25, 0.3) is 0 Å². The van der Waals surface area contributed by atoms with Gasteiger partial charge in [0.15, 0.2) is 11.7 Å². The highest BCUT2D eigenvalue weighted by Crippen LogP contribution is 2.28. The molecule has 1 aliphatic rings. The van der Waals surface area contributed by atoms with Crippen molar-refractivity contribution in [1.82, 2.24) is 0 Å². The lowest BCUT2D eigenvalue weighted by atomic mass is 9.91.